The van der Waals surface area contributed by atoms with Crippen molar-refractivity contribution in [2.75, 3.05) is 14.2 Å². The van der Waals surface area contributed by atoms with Crippen LogP contribution in [0.4, 0.5) is 0 Å². The summed E-state index contributed by atoms with van der Waals surface area (Å²) >= 11 is 12.1. The van der Waals surface area contributed by atoms with Gasteiger partial charge in [-0.15, -0.1) is 0 Å². The molecule has 0 radical (unpaired) electrons. The van der Waals surface area contributed by atoms with E-state index in [2.05, 4.69) is 0 Å². The maximum Gasteiger partial charge on any atom is 0.200 e. The molecule has 0 aliphatic rings. The smallest absolute Gasteiger partial charge is 0.200 e. The Labute approximate surface area is 169 Å². The minimum Gasteiger partial charge on any atom is -0.496 e. The Hall–Kier alpha value is -2.06. The molecule has 3 aromatic carbocycles. The first-order valence-corrected chi connectivity index (χ1v) is 10.2. The van der Waals surface area contributed by atoms with E-state index in [1.807, 2.05) is 24.3 Å². The van der Waals surface area contributed by atoms with E-state index in [0.717, 1.165) is 10.6 Å². The SMILES string of the molecule is COc1cccc(OC)c1C(=O)P(c1ccc(Cl)cc1)c1ccc(Cl)cc1. The maximum absolute atomic E-state index is 13.7. The predicted molar refractivity (Wildman–Crippen MR) is 113 cm³/mol. The van der Waals surface area contributed by atoms with Gasteiger partial charge in [-0.25, -0.2) is 0 Å². The molecule has 3 rings (SSSR count). The number of methoxy groups -OCH3 is 2. The minimum absolute atomic E-state index is 0.0658. The third-order valence-electron chi connectivity index (χ3n) is 4.01. The summed E-state index contributed by atoms with van der Waals surface area (Å²) in [7, 11) is 1.71. The van der Waals surface area contributed by atoms with Crippen molar-refractivity contribution >= 4 is 47.3 Å². The molecule has 0 heterocycles. The van der Waals surface area contributed by atoms with Gasteiger partial charge in [-0.05, 0) is 47.0 Å². The number of halogens is 2. The molecule has 0 fully saturated rings. The van der Waals surface area contributed by atoms with Gasteiger partial charge in [0.05, 0.1) is 14.2 Å². The van der Waals surface area contributed by atoms with Crippen LogP contribution in [-0.2, 0) is 0 Å². The first kappa shape index (κ1) is 19.7. The van der Waals surface area contributed by atoms with Crippen LogP contribution >= 0.6 is 31.1 Å². The van der Waals surface area contributed by atoms with Gasteiger partial charge in [-0.1, -0.05) is 53.5 Å². The van der Waals surface area contributed by atoms with Crippen LogP contribution in [0.3, 0.4) is 0 Å². The number of hydrogen-bond acceptors (Lipinski definition) is 3. The van der Waals surface area contributed by atoms with E-state index in [1.54, 1.807) is 56.7 Å². The van der Waals surface area contributed by atoms with Crippen molar-refractivity contribution in [3.8, 4) is 11.5 Å². The molecule has 27 heavy (non-hydrogen) atoms. The second kappa shape index (κ2) is 8.75. The lowest BCUT2D eigenvalue weighted by atomic mass is 10.2. The van der Waals surface area contributed by atoms with Crippen molar-refractivity contribution in [3.63, 3.8) is 0 Å². The monoisotopic (exact) mass is 418 g/mol. The lowest BCUT2D eigenvalue weighted by Gasteiger charge is -2.20. The Balaban J connectivity index is 2.18. The van der Waals surface area contributed by atoms with Crippen LogP contribution in [-0.4, -0.2) is 19.7 Å². The highest BCUT2D eigenvalue weighted by atomic mass is 35.5. The molecule has 0 unspecified atom stereocenters. The molecule has 0 aliphatic heterocycles. The summed E-state index contributed by atoms with van der Waals surface area (Å²) < 4.78 is 10.9. The molecule has 138 valence electrons. The fourth-order valence-electron chi connectivity index (χ4n) is 2.74. The molecule has 0 spiro atoms. The Morgan fingerprint density at radius 1 is 0.741 bits per heavy atom. The van der Waals surface area contributed by atoms with Crippen molar-refractivity contribution < 1.29 is 14.3 Å². The lowest BCUT2D eigenvalue weighted by molar-refractivity contribution is 0.107. The highest BCUT2D eigenvalue weighted by molar-refractivity contribution is 7.88. The summed E-state index contributed by atoms with van der Waals surface area (Å²) in [6.07, 6.45) is 0. The summed E-state index contributed by atoms with van der Waals surface area (Å²) in [5, 5.41) is 3.00. The van der Waals surface area contributed by atoms with Crippen LogP contribution in [0.25, 0.3) is 0 Å². The maximum atomic E-state index is 13.7. The van der Waals surface area contributed by atoms with Gasteiger partial charge in [-0.3, -0.25) is 4.79 Å². The van der Waals surface area contributed by atoms with Crippen LogP contribution < -0.4 is 20.1 Å². The van der Waals surface area contributed by atoms with E-state index < -0.39 is 7.92 Å². The zero-order valence-electron chi connectivity index (χ0n) is 14.8. The van der Waals surface area contributed by atoms with E-state index in [0.29, 0.717) is 27.1 Å². The molecule has 0 amide bonds. The fourth-order valence-corrected chi connectivity index (χ4v) is 5.10. The quantitative estimate of drug-likeness (QED) is 0.510. The zero-order valence-corrected chi connectivity index (χ0v) is 17.2. The highest BCUT2D eigenvalue weighted by Crippen LogP contribution is 2.43. The van der Waals surface area contributed by atoms with Gasteiger partial charge in [-0.2, -0.15) is 0 Å². The number of carbonyl (C=O) groups is 1. The van der Waals surface area contributed by atoms with Gasteiger partial charge in [0.25, 0.3) is 0 Å². The first-order chi connectivity index (χ1) is 13.0. The van der Waals surface area contributed by atoms with Crippen LogP contribution in [0, 0.1) is 0 Å². The van der Waals surface area contributed by atoms with E-state index in [-0.39, 0.29) is 5.52 Å². The van der Waals surface area contributed by atoms with Crippen LogP contribution in [0.15, 0.2) is 66.7 Å². The molecule has 3 aromatic rings. The topological polar surface area (TPSA) is 35.5 Å². The lowest BCUT2D eigenvalue weighted by Crippen LogP contribution is -2.19. The number of hydrogen-bond donors (Lipinski definition) is 0. The molecule has 0 atom stereocenters. The molecule has 3 nitrogen and oxygen atoms in total. The van der Waals surface area contributed by atoms with Crippen molar-refractivity contribution in [1.29, 1.82) is 0 Å². The van der Waals surface area contributed by atoms with Crippen molar-refractivity contribution in [2.45, 2.75) is 0 Å². The normalized spacial score (nSPS) is 10.7. The molecule has 0 aromatic heterocycles. The summed E-state index contributed by atoms with van der Waals surface area (Å²) in [5.41, 5.74) is 0.363. The molecule has 0 aliphatic carbocycles. The average Bonchev–Trinajstić information content (AvgIpc) is 2.70. The Morgan fingerprint density at radius 2 is 1.15 bits per heavy atom. The predicted octanol–water partition coefficient (Wildman–Crippen LogP) is 5.28. The Morgan fingerprint density at radius 3 is 1.52 bits per heavy atom. The summed E-state index contributed by atoms with van der Waals surface area (Å²) in [6.45, 7) is 0. The van der Waals surface area contributed by atoms with Gasteiger partial charge < -0.3 is 9.47 Å². The van der Waals surface area contributed by atoms with E-state index >= 15 is 0 Å². The largest absolute Gasteiger partial charge is 0.496 e. The van der Waals surface area contributed by atoms with Gasteiger partial charge in [0.15, 0.2) is 0 Å². The molecule has 0 saturated carbocycles. The van der Waals surface area contributed by atoms with Gasteiger partial charge in [0.2, 0.25) is 5.52 Å². The van der Waals surface area contributed by atoms with Crippen LogP contribution in [0.5, 0.6) is 11.5 Å². The van der Waals surface area contributed by atoms with E-state index in [1.165, 1.54) is 0 Å². The van der Waals surface area contributed by atoms with Gasteiger partial charge >= 0.3 is 0 Å². The summed E-state index contributed by atoms with van der Waals surface area (Å²) in [5.74, 6) is 0.963. The number of ether oxygens (including phenoxy) is 2. The van der Waals surface area contributed by atoms with Crippen LogP contribution in [0.1, 0.15) is 10.4 Å². The molecule has 0 N–H and O–H groups in total. The Bertz CT molecular complexity index is 873. The molecular formula is C21H17Cl2O3P. The summed E-state index contributed by atoms with van der Waals surface area (Å²) in [4.78, 5) is 13.7. The number of benzene rings is 3. The molecular weight excluding hydrogens is 402 g/mol. The molecule has 0 saturated heterocycles. The zero-order chi connectivity index (χ0) is 19.4. The summed E-state index contributed by atoms with van der Waals surface area (Å²) in [6, 6.07) is 20.0. The second-order valence-corrected chi connectivity index (χ2v) is 8.61. The van der Waals surface area contributed by atoms with E-state index in [4.69, 9.17) is 32.7 Å². The third-order valence-corrected chi connectivity index (χ3v) is 6.78. The van der Waals surface area contributed by atoms with E-state index in [9.17, 15) is 4.79 Å². The van der Waals surface area contributed by atoms with Crippen molar-refractivity contribution in [3.05, 3.63) is 82.3 Å². The average molecular weight is 419 g/mol. The van der Waals surface area contributed by atoms with Crippen molar-refractivity contribution in [1.82, 2.24) is 0 Å². The fraction of sp³-hybridized carbons (Fsp3) is 0.0952. The van der Waals surface area contributed by atoms with Crippen molar-refractivity contribution in [2.24, 2.45) is 0 Å². The third kappa shape index (κ3) is 4.27. The first-order valence-electron chi connectivity index (χ1n) is 8.11. The van der Waals surface area contributed by atoms with Gasteiger partial charge in [0.1, 0.15) is 17.1 Å². The Kier molecular flexibility index (Phi) is 6.38. The number of rotatable bonds is 6. The standard InChI is InChI=1S/C21H17Cl2O3P/c1-25-18-4-3-5-19(26-2)20(18)21(24)27(16-10-6-14(22)7-11-16)17-12-8-15(23)9-13-17/h3-13H,1-2H3. The number of carbonyl (C=O) groups excluding carboxylic acids is 1. The second-order valence-electron chi connectivity index (χ2n) is 5.63. The van der Waals surface area contributed by atoms with Gasteiger partial charge in [0, 0.05) is 18.0 Å². The molecule has 0 bridgehead atoms. The minimum atomic E-state index is -1.37. The highest BCUT2D eigenvalue weighted by Gasteiger charge is 2.29. The molecule has 6 heteroatoms. The van der Waals surface area contributed by atoms with Crippen LogP contribution in [0.2, 0.25) is 10.0 Å².